The number of likely N-dealkylation sites (tertiary alicyclic amines) is 1. The number of nitrogens with zero attached hydrogens (tertiary/aromatic N) is 7. The summed E-state index contributed by atoms with van der Waals surface area (Å²) in [6.45, 7) is 7.01. The molecule has 4 aromatic rings. The summed E-state index contributed by atoms with van der Waals surface area (Å²) in [4.78, 5) is 36.9. The van der Waals surface area contributed by atoms with Gasteiger partial charge < -0.3 is 14.6 Å². The van der Waals surface area contributed by atoms with E-state index in [1.807, 2.05) is 36.6 Å². The molecule has 0 aromatic carbocycles. The molecule has 0 saturated carbocycles. The third-order valence-electron chi connectivity index (χ3n) is 7.00. The van der Waals surface area contributed by atoms with E-state index in [1.54, 1.807) is 6.20 Å². The second kappa shape index (κ2) is 7.46. The smallest absolute Gasteiger partial charge is 0.285 e. The number of hydrogen-bond acceptors (Lipinski definition) is 8. The first kappa shape index (κ1) is 20.5. The molecule has 4 aromatic heterocycles. The van der Waals surface area contributed by atoms with Crippen LogP contribution < -0.4 is 10.2 Å². The summed E-state index contributed by atoms with van der Waals surface area (Å²) in [5, 5.41) is 3.25. The van der Waals surface area contributed by atoms with Gasteiger partial charge in [0.05, 0.1) is 17.6 Å². The third-order valence-corrected chi connectivity index (χ3v) is 7.97. The molecule has 2 fully saturated rings. The van der Waals surface area contributed by atoms with Gasteiger partial charge in [0.1, 0.15) is 22.0 Å². The highest BCUT2D eigenvalue weighted by molar-refractivity contribution is 7.20. The van der Waals surface area contributed by atoms with Crippen molar-refractivity contribution in [2.45, 2.75) is 38.6 Å². The van der Waals surface area contributed by atoms with Crippen molar-refractivity contribution in [3.63, 3.8) is 0 Å². The summed E-state index contributed by atoms with van der Waals surface area (Å²) in [5.74, 6) is 1.15. The van der Waals surface area contributed by atoms with Gasteiger partial charge in [-0.3, -0.25) is 9.69 Å². The van der Waals surface area contributed by atoms with Gasteiger partial charge in [-0.25, -0.2) is 19.9 Å². The Morgan fingerprint density at radius 2 is 1.97 bits per heavy atom. The Labute approximate surface area is 195 Å². The molecule has 1 amide bonds. The average molecular weight is 463 g/mol. The fourth-order valence-corrected chi connectivity index (χ4v) is 6.05. The first-order valence-electron chi connectivity index (χ1n) is 11.3. The van der Waals surface area contributed by atoms with Crippen LogP contribution >= 0.6 is 11.3 Å². The second-order valence-corrected chi connectivity index (χ2v) is 10.2. The average Bonchev–Trinajstić information content (AvgIpc) is 3.55. The van der Waals surface area contributed by atoms with Crippen LogP contribution in [0.4, 0.5) is 11.6 Å². The lowest BCUT2D eigenvalue weighted by Gasteiger charge is -2.32. The Hall–Kier alpha value is -3.11. The van der Waals surface area contributed by atoms with Crippen molar-refractivity contribution in [1.29, 1.82) is 0 Å². The number of rotatable bonds is 3. The van der Waals surface area contributed by atoms with E-state index in [1.165, 1.54) is 37.1 Å². The molecule has 33 heavy (non-hydrogen) atoms. The molecule has 1 spiro atoms. The van der Waals surface area contributed by atoms with E-state index in [-0.39, 0.29) is 11.4 Å². The molecule has 10 heteroatoms. The SMILES string of the molecule is Cc1cn2cc(NC(=O)c3nc4ccc(N5CCC6(CCCN6C)C5)nc4s3)nc(C)c2n1. The Balaban J connectivity index is 1.23. The monoisotopic (exact) mass is 462 g/mol. The fraction of sp³-hybridized carbons (Fsp3) is 0.435. The normalized spacial score (nSPS) is 21.1. The van der Waals surface area contributed by atoms with Crippen LogP contribution in [0, 0.1) is 13.8 Å². The minimum absolute atomic E-state index is 0.282. The number of aryl methyl sites for hydroxylation is 2. The number of nitrogens with one attached hydrogen (secondary N) is 1. The van der Waals surface area contributed by atoms with Crippen LogP contribution in [-0.4, -0.2) is 67.4 Å². The maximum atomic E-state index is 12.9. The number of carbonyl (C=O) groups excluding carboxylic acids is 1. The van der Waals surface area contributed by atoms with Crippen molar-refractivity contribution in [3.05, 3.63) is 40.9 Å². The molecule has 1 N–H and O–H groups in total. The molecule has 0 radical (unpaired) electrons. The minimum atomic E-state index is -0.282. The number of pyridine rings is 1. The van der Waals surface area contributed by atoms with Gasteiger partial charge in [-0.05, 0) is 58.8 Å². The van der Waals surface area contributed by atoms with E-state index in [4.69, 9.17) is 4.98 Å². The lowest BCUT2D eigenvalue weighted by atomic mass is 9.96. The van der Waals surface area contributed by atoms with Gasteiger partial charge in [-0.1, -0.05) is 11.3 Å². The molecule has 9 nitrogen and oxygen atoms in total. The summed E-state index contributed by atoms with van der Waals surface area (Å²) < 4.78 is 1.88. The zero-order valence-corrected chi connectivity index (χ0v) is 19.8. The van der Waals surface area contributed by atoms with Gasteiger partial charge in [0.15, 0.2) is 10.7 Å². The van der Waals surface area contributed by atoms with Gasteiger partial charge in [0.25, 0.3) is 5.91 Å². The van der Waals surface area contributed by atoms with Gasteiger partial charge in [-0.2, -0.15) is 0 Å². The quantitative estimate of drug-likeness (QED) is 0.500. The number of amides is 1. The van der Waals surface area contributed by atoms with Crippen LogP contribution in [0.25, 0.3) is 16.0 Å². The van der Waals surface area contributed by atoms with Gasteiger partial charge in [0, 0.05) is 24.8 Å². The molecule has 2 aliphatic heterocycles. The van der Waals surface area contributed by atoms with Crippen molar-refractivity contribution < 1.29 is 4.79 Å². The molecule has 170 valence electrons. The van der Waals surface area contributed by atoms with Crippen molar-refractivity contribution in [2.24, 2.45) is 0 Å². The third kappa shape index (κ3) is 3.44. The summed E-state index contributed by atoms with van der Waals surface area (Å²) in [6.07, 6.45) is 7.38. The predicted molar refractivity (Wildman–Crippen MR) is 129 cm³/mol. The zero-order chi connectivity index (χ0) is 22.7. The summed E-state index contributed by atoms with van der Waals surface area (Å²) in [5.41, 5.74) is 3.48. The van der Waals surface area contributed by atoms with E-state index >= 15 is 0 Å². The minimum Gasteiger partial charge on any atom is -0.355 e. The number of hydrogen-bond donors (Lipinski definition) is 1. The fourth-order valence-electron chi connectivity index (χ4n) is 5.23. The van der Waals surface area contributed by atoms with Crippen LogP contribution in [-0.2, 0) is 0 Å². The highest BCUT2D eigenvalue weighted by Gasteiger charge is 2.44. The second-order valence-electron chi connectivity index (χ2n) is 9.21. The number of thiazole rings is 1. The Morgan fingerprint density at radius 3 is 2.79 bits per heavy atom. The van der Waals surface area contributed by atoms with E-state index in [0.717, 1.165) is 46.3 Å². The molecule has 6 heterocycles. The number of carbonyl (C=O) groups is 1. The van der Waals surface area contributed by atoms with Crippen LogP contribution in [0.5, 0.6) is 0 Å². The molecule has 6 rings (SSSR count). The first-order valence-corrected chi connectivity index (χ1v) is 12.1. The zero-order valence-electron chi connectivity index (χ0n) is 19.0. The maximum Gasteiger partial charge on any atom is 0.285 e. The predicted octanol–water partition coefficient (Wildman–Crippen LogP) is 3.28. The largest absolute Gasteiger partial charge is 0.355 e. The number of aromatic nitrogens is 5. The highest BCUT2D eigenvalue weighted by atomic mass is 32.1. The van der Waals surface area contributed by atoms with Crippen molar-refractivity contribution in [3.8, 4) is 0 Å². The van der Waals surface area contributed by atoms with Crippen molar-refractivity contribution in [1.82, 2.24) is 29.2 Å². The molecule has 0 bridgehead atoms. The molecule has 1 atom stereocenters. The maximum absolute atomic E-state index is 12.9. The van der Waals surface area contributed by atoms with E-state index in [9.17, 15) is 4.79 Å². The van der Waals surface area contributed by atoms with Gasteiger partial charge in [0.2, 0.25) is 0 Å². The Bertz CT molecular complexity index is 1390. The lowest BCUT2D eigenvalue weighted by molar-refractivity contribution is 0.102. The van der Waals surface area contributed by atoms with Crippen LogP contribution in [0.15, 0.2) is 24.5 Å². The van der Waals surface area contributed by atoms with E-state index in [0.29, 0.717) is 10.8 Å². The summed E-state index contributed by atoms with van der Waals surface area (Å²) in [6, 6.07) is 3.99. The Kier molecular flexibility index (Phi) is 4.63. The Morgan fingerprint density at radius 1 is 1.09 bits per heavy atom. The summed E-state index contributed by atoms with van der Waals surface area (Å²) in [7, 11) is 2.24. The van der Waals surface area contributed by atoms with Gasteiger partial charge in [-0.15, -0.1) is 0 Å². The molecular formula is C23H26N8OS. The molecule has 0 aliphatic carbocycles. The van der Waals surface area contributed by atoms with Crippen molar-refractivity contribution >= 4 is 44.9 Å². The molecular weight excluding hydrogens is 436 g/mol. The number of anilines is 2. The van der Waals surface area contributed by atoms with Crippen molar-refractivity contribution in [2.75, 3.05) is 36.9 Å². The van der Waals surface area contributed by atoms with Crippen LogP contribution in [0.1, 0.15) is 40.5 Å². The highest BCUT2D eigenvalue weighted by Crippen LogP contribution is 2.38. The lowest BCUT2D eigenvalue weighted by Crippen LogP contribution is -2.43. The standard InChI is InChI=1S/C23H26N8OS/c1-14-11-31-12-17(25-15(2)19(31)24-14)27-20(32)22-26-16-5-6-18(28-21(16)33-22)30-10-8-23(13-30)7-4-9-29(23)3/h5-6,11-12H,4,7-10,13H2,1-3H3,(H,27,32). The molecule has 1 unspecified atom stereocenters. The summed E-state index contributed by atoms with van der Waals surface area (Å²) >= 11 is 1.32. The van der Waals surface area contributed by atoms with E-state index in [2.05, 4.69) is 37.1 Å². The van der Waals surface area contributed by atoms with Crippen LogP contribution in [0.2, 0.25) is 0 Å². The number of imidazole rings is 1. The van der Waals surface area contributed by atoms with E-state index < -0.39 is 0 Å². The van der Waals surface area contributed by atoms with Gasteiger partial charge >= 0.3 is 0 Å². The topological polar surface area (TPSA) is 91.6 Å². The molecule has 2 saturated heterocycles. The first-order chi connectivity index (χ1) is 15.9. The number of fused-ring (bicyclic) bond motifs is 2. The van der Waals surface area contributed by atoms with Crippen LogP contribution in [0.3, 0.4) is 0 Å². The molecule has 2 aliphatic rings. The number of likely N-dealkylation sites (N-methyl/N-ethyl adjacent to an activating group) is 1.